The molecule has 2 rings (SSSR count). The molecule has 0 unspecified atom stereocenters. The van der Waals surface area contributed by atoms with E-state index in [1.165, 1.54) is 5.56 Å². The Morgan fingerprint density at radius 1 is 0.968 bits per heavy atom. The molecule has 0 radical (unpaired) electrons. The molecule has 1 atom stereocenters. The average Bonchev–Trinajstić information content (AvgIpc) is 2.77. The fourth-order valence-electron chi connectivity index (χ4n) is 3.28. The Kier molecular flexibility index (Phi) is 9.57. The molecule has 0 bridgehead atoms. The summed E-state index contributed by atoms with van der Waals surface area (Å²) in [6.45, 7) is 11.0. The third-order valence-electron chi connectivity index (χ3n) is 5.24. The second kappa shape index (κ2) is 12.1. The van der Waals surface area contributed by atoms with Crippen LogP contribution < -0.4 is 10.1 Å². The summed E-state index contributed by atoms with van der Waals surface area (Å²) in [7, 11) is 0. The predicted molar refractivity (Wildman–Crippen MR) is 125 cm³/mol. The van der Waals surface area contributed by atoms with Gasteiger partial charge in [0.1, 0.15) is 11.8 Å². The maximum Gasteiger partial charge on any atom is 0.261 e. The van der Waals surface area contributed by atoms with Crippen LogP contribution in [0.4, 0.5) is 0 Å². The average molecular weight is 425 g/mol. The summed E-state index contributed by atoms with van der Waals surface area (Å²) in [6.07, 6.45) is 1.49. The van der Waals surface area contributed by atoms with E-state index in [0.29, 0.717) is 31.2 Å². The van der Waals surface area contributed by atoms with E-state index >= 15 is 0 Å². The Hall–Kier alpha value is -2.82. The molecule has 168 valence electrons. The zero-order valence-corrected chi connectivity index (χ0v) is 19.5. The van der Waals surface area contributed by atoms with Crippen molar-refractivity contribution < 1.29 is 14.3 Å². The SMILES string of the molecule is CCc1ccc(OCC(=O)N(Cc2ccc(C)cc2)[C@@H](CC)C(=O)NCC(C)C)cc1. The summed E-state index contributed by atoms with van der Waals surface area (Å²) in [5, 5.41) is 2.98. The van der Waals surface area contributed by atoms with Gasteiger partial charge in [-0.3, -0.25) is 9.59 Å². The van der Waals surface area contributed by atoms with Gasteiger partial charge in [0.2, 0.25) is 5.91 Å². The number of aryl methyl sites for hydroxylation is 2. The minimum atomic E-state index is -0.543. The second-order valence-electron chi connectivity index (χ2n) is 8.36. The number of hydrogen-bond donors (Lipinski definition) is 1. The monoisotopic (exact) mass is 424 g/mol. The fraction of sp³-hybridized carbons (Fsp3) is 0.462. The van der Waals surface area contributed by atoms with Crippen LogP contribution in [0.2, 0.25) is 0 Å². The summed E-state index contributed by atoms with van der Waals surface area (Å²) < 4.78 is 5.75. The van der Waals surface area contributed by atoms with Crippen molar-refractivity contribution in [2.24, 2.45) is 5.92 Å². The molecular formula is C26H36N2O3. The van der Waals surface area contributed by atoms with Crippen LogP contribution in [-0.4, -0.2) is 35.9 Å². The Balaban J connectivity index is 2.16. The largest absolute Gasteiger partial charge is 0.484 e. The van der Waals surface area contributed by atoms with Gasteiger partial charge in [0.05, 0.1) is 0 Å². The molecule has 2 aromatic carbocycles. The molecule has 0 aliphatic rings. The van der Waals surface area contributed by atoms with Crippen molar-refractivity contribution in [3.05, 3.63) is 65.2 Å². The maximum absolute atomic E-state index is 13.2. The van der Waals surface area contributed by atoms with Gasteiger partial charge in [-0.1, -0.05) is 69.7 Å². The summed E-state index contributed by atoms with van der Waals surface area (Å²) in [5.41, 5.74) is 3.36. The van der Waals surface area contributed by atoms with Crippen LogP contribution in [0.1, 0.15) is 50.8 Å². The smallest absolute Gasteiger partial charge is 0.261 e. The lowest BCUT2D eigenvalue weighted by molar-refractivity contribution is -0.143. The zero-order chi connectivity index (χ0) is 22.8. The fourth-order valence-corrected chi connectivity index (χ4v) is 3.28. The molecule has 5 nitrogen and oxygen atoms in total. The van der Waals surface area contributed by atoms with Crippen LogP contribution in [0.15, 0.2) is 48.5 Å². The highest BCUT2D eigenvalue weighted by molar-refractivity contribution is 5.88. The van der Waals surface area contributed by atoms with E-state index in [4.69, 9.17) is 4.74 Å². The van der Waals surface area contributed by atoms with Crippen LogP contribution in [0.3, 0.4) is 0 Å². The third kappa shape index (κ3) is 7.74. The molecule has 0 saturated carbocycles. The van der Waals surface area contributed by atoms with Gasteiger partial charge in [-0.05, 0) is 48.9 Å². The van der Waals surface area contributed by atoms with Crippen LogP contribution in [0, 0.1) is 12.8 Å². The van der Waals surface area contributed by atoms with Gasteiger partial charge in [0.15, 0.2) is 6.61 Å². The zero-order valence-electron chi connectivity index (χ0n) is 19.5. The molecule has 0 spiro atoms. The van der Waals surface area contributed by atoms with Crippen molar-refractivity contribution >= 4 is 11.8 Å². The van der Waals surface area contributed by atoms with Crippen LogP contribution >= 0.6 is 0 Å². The predicted octanol–water partition coefficient (Wildman–Crippen LogP) is 4.52. The van der Waals surface area contributed by atoms with Crippen LogP contribution in [0.5, 0.6) is 5.75 Å². The third-order valence-corrected chi connectivity index (χ3v) is 5.24. The highest BCUT2D eigenvalue weighted by atomic mass is 16.5. The van der Waals surface area contributed by atoms with Crippen molar-refractivity contribution in [1.29, 1.82) is 0 Å². The highest BCUT2D eigenvalue weighted by Gasteiger charge is 2.29. The summed E-state index contributed by atoms with van der Waals surface area (Å²) in [4.78, 5) is 27.7. The maximum atomic E-state index is 13.2. The van der Waals surface area contributed by atoms with Crippen molar-refractivity contribution in [1.82, 2.24) is 10.2 Å². The first-order valence-corrected chi connectivity index (χ1v) is 11.2. The summed E-state index contributed by atoms with van der Waals surface area (Å²) in [6, 6.07) is 15.2. The molecular weight excluding hydrogens is 388 g/mol. The normalized spacial score (nSPS) is 11.8. The molecule has 0 heterocycles. The molecule has 2 aromatic rings. The summed E-state index contributed by atoms with van der Waals surface area (Å²) in [5.74, 6) is 0.672. The Bertz CT molecular complexity index is 829. The van der Waals surface area contributed by atoms with Gasteiger partial charge in [-0.15, -0.1) is 0 Å². The molecule has 0 aliphatic carbocycles. The lowest BCUT2D eigenvalue weighted by atomic mass is 10.1. The lowest BCUT2D eigenvalue weighted by Gasteiger charge is -2.31. The molecule has 1 N–H and O–H groups in total. The number of ether oxygens (including phenoxy) is 1. The van der Waals surface area contributed by atoms with E-state index in [-0.39, 0.29) is 18.4 Å². The van der Waals surface area contributed by atoms with Gasteiger partial charge in [0, 0.05) is 13.1 Å². The molecule has 0 aromatic heterocycles. The van der Waals surface area contributed by atoms with E-state index in [1.807, 2.05) is 76.2 Å². The molecule has 0 fully saturated rings. The molecule has 31 heavy (non-hydrogen) atoms. The van der Waals surface area contributed by atoms with E-state index < -0.39 is 6.04 Å². The topological polar surface area (TPSA) is 58.6 Å². The Morgan fingerprint density at radius 2 is 1.58 bits per heavy atom. The lowest BCUT2D eigenvalue weighted by Crippen LogP contribution is -2.50. The van der Waals surface area contributed by atoms with Crippen LogP contribution in [-0.2, 0) is 22.6 Å². The quantitative estimate of drug-likeness (QED) is 0.577. The minimum Gasteiger partial charge on any atom is -0.484 e. The van der Waals surface area contributed by atoms with E-state index in [9.17, 15) is 9.59 Å². The number of amides is 2. The Morgan fingerprint density at radius 3 is 2.13 bits per heavy atom. The van der Waals surface area contributed by atoms with E-state index in [0.717, 1.165) is 17.5 Å². The number of nitrogens with zero attached hydrogens (tertiary/aromatic N) is 1. The number of carbonyl (C=O) groups excluding carboxylic acids is 2. The highest BCUT2D eigenvalue weighted by Crippen LogP contribution is 2.16. The number of rotatable bonds is 11. The van der Waals surface area contributed by atoms with Crippen molar-refractivity contribution in [2.45, 2.75) is 60.0 Å². The second-order valence-corrected chi connectivity index (χ2v) is 8.36. The van der Waals surface area contributed by atoms with E-state index in [1.54, 1.807) is 4.90 Å². The standard InChI is InChI=1S/C26H36N2O3/c1-6-21-12-14-23(15-13-21)31-18-25(29)28(17-22-10-8-20(5)9-11-22)24(7-2)26(30)27-16-19(3)4/h8-15,19,24H,6-7,16-18H2,1-5H3,(H,27,30)/t24-/m0/s1. The van der Waals surface area contributed by atoms with Gasteiger partial charge in [-0.2, -0.15) is 0 Å². The molecule has 0 aliphatic heterocycles. The minimum absolute atomic E-state index is 0.106. The van der Waals surface area contributed by atoms with Gasteiger partial charge in [0.25, 0.3) is 5.91 Å². The first kappa shape index (κ1) is 24.4. The van der Waals surface area contributed by atoms with Crippen molar-refractivity contribution in [3.8, 4) is 5.75 Å². The number of benzene rings is 2. The van der Waals surface area contributed by atoms with Gasteiger partial charge < -0.3 is 15.0 Å². The Labute approximate surface area is 186 Å². The number of hydrogen-bond acceptors (Lipinski definition) is 3. The first-order valence-electron chi connectivity index (χ1n) is 11.2. The number of carbonyl (C=O) groups is 2. The molecule has 5 heteroatoms. The summed E-state index contributed by atoms with van der Waals surface area (Å²) >= 11 is 0. The first-order chi connectivity index (χ1) is 14.8. The number of nitrogens with one attached hydrogen (secondary N) is 1. The van der Waals surface area contributed by atoms with Crippen LogP contribution in [0.25, 0.3) is 0 Å². The van der Waals surface area contributed by atoms with E-state index in [2.05, 4.69) is 12.2 Å². The van der Waals surface area contributed by atoms with Crippen molar-refractivity contribution in [2.75, 3.05) is 13.2 Å². The molecule has 0 saturated heterocycles. The van der Waals surface area contributed by atoms with Gasteiger partial charge >= 0.3 is 0 Å². The van der Waals surface area contributed by atoms with Gasteiger partial charge in [-0.25, -0.2) is 0 Å². The molecule has 2 amide bonds. The van der Waals surface area contributed by atoms with Crippen molar-refractivity contribution in [3.63, 3.8) is 0 Å².